The van der Waals surface area contributed by atoms with Crippen molar-refractivity contribution in [2.24, 2.45) is 0 Å². The zero-order valence-electron chi connectivity index (χ0n) is 22.9. The number of hydrogen-bond donors (Lipinski definition) is 0. The number of furan rings is 2. The Kier molecular flexibility index (Phi) is 5.13. The fraction of sp³-hybridized carbons (Fsp3) is 0. The Balaban J connectivity index is 1.24. The zero-order valence-corrected chi connectivity index (χ0v) is 22.9. The van der Waals surface area contributed by atoms with Gasteiger partial charge in [0.05, 0.1) is 11.9 Å². The number of rotatable bonds is 4. The summed E-state index contributed by atoms with van der Waals surface area (Å²) in [6, 6.07) is 42.0. The van der Waals surface area contributed by atoms with Crippen molar-refractivity contribution >= 4 is 71.8 Å². The fourth-order valence-electron chi connectivity index (χ4n) is 6.08. The summed E-state index contributed by atoms with van der Waals surface area (Å²) < 4.78 is 12.4. The minimum Gasteiger partial charge on any atom is -0.456 e. The van der Waals surface area contributed by atoms with Gasteiger partial charge < -0.3 is 13.7 Å². The number of pyridine rings is 2. The molecule has 0 aliphatic rings. The molecule has 0 unspecified atom stereocenters. The van der Waals surface area contributed by atoms with Crippen molar-refractivity contribution < 1.29 is 8.83 Å². The van der Waals surface area contributed by atoms with Crippen LogP contribution in [0.15, 0.2) is 149 Å². The Bertz CT molecular complexity index is 2480. The van der Waals surface area contributed by atoms with Crippen molar-refractivity contribution in [1.82, 2.24) is 9.97 Å². The minimum absolute atomic E-state index is 0.746. The molecule has 0 aliphatic carbocycles. The lowest BCUT2D eigenvalue weighted by molar-refractivity contribution is 0.667. The van der Waals surface area contributed by atoms with E-state index < -0.39 is 0 Å². The van der Waals surface area contributed by atoms with Crippen LogP contribution in [0.5, 0.6) is 0 Å². The van der Waals surface area contributed by atoms with Crippen LogP contribution in [-0.2, 0) is 0 Å². The molecule has 9 rings (SSSR count). The van der Waals surface area contributed by atoms with Gasteiger partial charge >= 0.3 is 0 Å². The lowest BCUT2D eigenvalue weighted by Crippen LogP contribution is -2.10. The van der Waals surface area contributed by atoms with Gasteiger partial charge in [0.2, 0.25) is 0 Å². The first-order valence-electron chi connectivity index (χ1n) is 14.2. The van der Waals surface area contributed by atoms with Crippen molar-refractivity contribution in [3.63, 3.8) is 0 Å². The van der Waals surface area contributed by atoms with E-state index in [9.17, 15) is 0 Å². The molecule has 5 nitrogen and oxygen atoms in total. The highest BCUT2D eigenvalue weighted by molar-refractivity contribution is 6.07. The third-order valence-electron chi connectivity index (χ3n) is 8.16. The molecule has 0 spiro atoms. The molecule has 0 aliphatic heterocycles. The minimum atomic E-state index is 0.746. The van der Waals surface area contributed by atoms with Gasteiger partial charge in [0.25, 0.3) is 0 Å². The molecule has 4 aromatic heterocycles. The molecule has 0 radical (unpaired) electrons. The molecule has 0 saturated heterocycles. The SMILES string of the molecule is c1ccc(-c2ccc3cc(N(c4cnc5c(c4)oc4ccccc45)c4ccc5oc6ccncc6c5c4)ccc3c2)cc1. The topological polar surface area (TPSA) is 55.3 Å². The van der Waals surface area contributed by atoms with Crippen LogP contribution in [0.1, 0.15) is 0 Å². The zero-order chi connectivity index (χ0) is 28.3. The number of anilines is 3. The molecule has 5 heteroatoms. The molecule has 0 saturated carbocycles. The summed E-state index contributed by atoms with van der Waals surface area (Å²) >= 11 is 0. The van der Waals surface area contributed by atoms with Crippen molar-refractivity contribution in [2.75, 3.05) is 4.90 Å². The summed E-state index contributed by atoms with van der Waals surface area (Å²) in [6.07, 6.45) is 5.54. The number of nitrogens with zero attached hydrogens (tertiary/aromatic N) is 3. The van der Waals surface area contributed by atoms with E-state index in [1.165, 1.54) is 16.5 Å². The van der Waals surface area contributed by atoms with E-state index in [4.69, 9.17) is 13.8 Å². The molecule has 5 aromatic carbocycles. The Hall–Kier alpha value is -5.94. The lowest BCUT2D eigenvalue weighted by atomic mass is 10.0. The first-order chi connectivity index (χ1) is 21.3. The monoisotopic (exact) mass is 553 g/mol. The highest BCUT2D eigenvalue weighted by Gasteiger charge is 2.18. The maximum Gasteiger partial charge on any atom is 0.155 e. The van der Waals surface area contributed by atoms with Gasteiger partial charge in [-0.1, -0.05) is 60.7 Å². The molecule has 202 valence electrons. The normalized spacial score (nSPS) is 11.7. The average Bonchev–Trinajstić information content (AvgIpc) is 3.63. The molecule has 0 bridgehead atoms. The van der Waals surface area contributed by atoms with E-state index in [1.54, 1.807) is 6.20 Å². The standard InChI is InChI=1S/C38H23N3O2/c1-2-6-24(7-3-1)25-10-11-27-19-28(13-12-26(27)18-25)41(29-14-15-35-32(20-29)33-23-39-17-16-36(33)42-35)30-21-37-38(40-22-30)31-8-4-5-9-34(31)43-37/h1-23H. The second kappa shape index (κ2) is 9.29. The molecule has 0 fully saturated rings. The molecular weight excluding hydrogens is 530 g/mol. The molecule has 0 atom stereocenters. The van der Waals surface area contributed by atoms with E-state index in [1.807, 2.05) is 54.9 Å². The third-order valence-corrected chi connectivity index (χ3v) is 8.16. The maximum absolute atomic E-state index is 6.24. The van der Waals surface area contributed by atoms with E-state index in [0.717, 1.165) is 66.5 Å². The molecular formula is C38H23N3O2. The van der Waals surface area contributed by atoms with Gasteiger partial charge in [0.15, 0.2) is 5.58 Å². The van der Waals surface area contributed by atoms with Gasteiger partial charge in [-0.25, -0.2) is 4.98 Å². The van der Waals surface area contributed by atoms with Crippen LogP contribution in [0, 0.1) is 0 Å². The Morgan fingerprint density at radius 3 is 2.16 bits per heavy atom. The Labute approximate surface area is 246 Å². The number of hydrogen-bond acceptors (Lipinski definition) is 5. The second-order valence-electron chi connectivity index (χ2n) is 10.7. The highest BCUT2D eigenvalue weighted by Crippen LogP contribution is 2.41. The van der Waals surface area contributed by atoms with E-state index >= 15 is 0 Å². The smallest absolute Gasteiger partial charge is 0.155 e. The van der Waals surface area contributed by atoms with Crippen LogP contribution in [0.3, 0.4) is 0 Å². The van der Waals surface area contributed by atoms with Crippen molar-refractivity contribution in [2.45, 2.75) is 0 Å². The van der Waals surface area contributed by atoms with Crippen LogP contribution in [0.25, 0.3) is 65.9 Å². The van der Waals surface area contributed by atoms with Gasteiger partial charge in [0.1, 0.15) is 22.3 Å². The van der Waals surface area contributed by atoms with Gasteiger partial charge in [-0.15, -0.1) is 0 Å². The van der Waals surface area contributed by atoms with Crippen LogP contribution in [0.2, 0.25) is 0 Å². The molecule has 9 aromatic rings. The number of aromatic nitrogens is 2. The van der Waals surface area contributed by atoms with Crippen molar-refractivity contribution in [1.29, 1.82) is 0 Å². The van der Waals surface area contributed by atoms with Gasteiger partial charge in [-0.05, 0) is 76.5 Å². The Morgan fingerprint density at radius 1 is 0.465 bits per heavy atom. The van der Waals surface area contributed by atoms with E-state index in [0.29, 0.717) is 0 Å². The first kappa shape index (κ1) is 23.7. The first-order valence-corrected chi connectivity index (χ1v) is 14.2. The average molecular weight is 554 g/mol. The summed E-state index contributed by atoms with van der Waals surface area (Å²) in [5, 5.41) is 5.33. The largest absolute Gasteiger partial charge is 0.456 e. The second-order valence-corrected chi connectivity index (χ2v) is 10.7. The molecule has 0 amide bonds. The van der Waals surface area contributed by atoms with Gasteiger partial charge in [0, 0.05) is 46.0 Å². The van der Waals surface area contributed by atoms with Gasteiger partial charge in [-0.3, -0.25) is 4.98 Å². The molecule has 43 heavy (non-hydrogen) atoms. The van der Waals surface area contributed by atoms with Crippen molar-refractivity contribution in [3.05, 3.63) is 140 Å². The number of fused-ring (bicyclic) bond motifs is 7. The van der Waals surface area contributed by atoms with Crippen LogP contribution < -0.4 is 4.90 Å². The summed E-state index contributed by atoms with van der Waals surface area (Å²) in [6.45, 7) is 0. The summed E-state index contributed by atoms with van der Waals surface area (Å²) in [4.78, 5) is 11.5. The summed E-state index contributed by atoms with van der Waals surface area (Å²) in [5.74, 6) is 0. The predicted octanol–water partition coefficient (Wildman–Crippen LogP) is 10.6. The lowest BCUT2D eigenvalue weighted by Gasteiger charge is -2.25. The van der Waals surface area contributed by atoms with E-state index in [-0.39, 0.29) is 0 Å². The summed E-state index contributed by atoms with van der Waals surface area (Å²) in [5.41, 5.74) is 9.37. The number of benzene rings is 5. The van der Waals surface area contributed by atoms with Crippen LogP contribution in [-0.4, -0.2) is 9.97 Å². The summed E-state index contributed by atoms with van der Waals surface area (Å²) in [7, 11) is 0. The van der Waals surface area contributed by atoms with Gasteiger partial charge in [-0.2, -0.15) is 0 Å². The highest BCUT2D eigenvalue weighted by atomic mass is 16.3. The fourth-order valence-corrected chi connectivity index (χ4v) is 6.08. The van der Waals surface area contributed by atoms with Crippen LogP contribution in [0.4, 0.5) is 17.1 Å². The van der Waals surface area contributed by atoms with E-state index in [2.05, 4.69) is 88.7 Å². The Morgan fingerprint density at radius 2 is 1.21 bits per heavy atom. The quantitative estimate of drug-likeness (QED) is 0.217. The van der Waals surface area contributed by atoms with Crippen LogP contribution >= 0.6 is 0 Å². The molecule has 0 N–H and O–H groups in total. The predicted molar refractivity (Wildman–Crippen MR) is 174 cm³/mol. The molecule has 4 heterocycles. The maximum atomic E-state index is 6.24. The third kappa shape index (κ3) is 3.86. The number of para-hydroxylation sites is 1. The van der Waals surface area contributed by atoms with Crippen molar-refractivity contribution in [3.8, 4) is 11.1 Å².